The van der Waals surface area contributed by atoms with Gasteiger partial charge in [0.2, 0.25) is 0 Å². The zero-order chi connectivity index (χ0) is 34.9. The monoisotopic (exact) mass is 691 g/mol. The zero-order valence-electron chi connectivity index (χ0n) is 28.9. The molecule has 1 heterocycles. The summed E-state index contributed by atoms with van der Waals surface area (Å²) in [7, 11) is 0. The Balaban J connectivity index is 1.25. The molecule has 1 atom stereocenters. The number of anilines is 3. The van der Waals surface area contributed by atoms with E-state index in [0.717, 1.165) is 17.1 Å². The first-order valence-corrected chi connectivity index (χ1v) is 19.1. The molecule has 0 fully saturated rings. The van der Waals surface area contributed by atoms with Crippen LogP contribution in [0.5, 0.6) is 0 Å². The van der Waals surface area contributed by atoms with Crippen molar-refractivity contribution in [2.24, 2.45) is 0 Å². The van der Waals surface area contributed by atoms with Crippen molar-refractivity contribution in [2.45, 2.75) is 5.41 Å². The molecule has 1 aliphatic carbocycles. The summed E-state index contributed by atoms with van der Waals surface area (Å²) in [5, 5.41) is 7.51. The van der Waals surface area contributed by atoms with Crippen LogP contribution in [-0.4, -0.2) is 0 Å². The van der Waals surface area contributed by atoms with Crippen LogP contribution in [0.25, 0.3) is 52.8 Å². The topological polar surface area (TPSA) is 3.24 Å². The van der Waals surface area contributed by atoms with Gasteiger partial charge < -0.3 is 4.90 Å². The summed E-state index contributed by atoms with van der Waals surface area (Å²) in [5.41, 5.74) is 10.6. The van der Waals surface area contributed by atoms with E-state index in [1.807, 2.05) is 11.3 Å². The quantitative estimate of drug-likeness (QED) is 0.174. The van der Waals surface area contributed by atoms with Crippen LogP contribution >= 0.6 is 11.3 Å². The van der Waals surface area contributed by atoms with Gasteiger partial charge in [-0.3, -0.25) is 0 Å². The fraction of sp³-hybridized carbons (Fsp3) is 0.0196. The predicted octanol–water partition coefficient (Wildman–Crippen LogP) is 14.2. The van der Waals surface area contributed by atoms with E-state index in [1.54, 1.807) is 0 Å². The van der Waals surface area contributed by atoms with Crippen LogP contribution in [0, 0.1) is 0 Å². The lowest BCUT2D eigenvalue weighted by atomic mass is 9.67. The second kappa shape index (κ2) is 11.8. The molecule has 0 saturated carbocycles. The maximum Gasteiger partial charge on any atom is 0.0714 e. The lowest BCUT2D eigenvalue weighted by Gasteiger charge is -2.35. The summed E-state index contributed by atoms with van der Waals surface area (Å²) in [6, 6.07) is 74.3. The van der Waals surface area contributed by atoms with Crippen molar-refractivity contribution < 1.29 is 0 Å². The number of benzene rings is 9. The van der Waals surface area contributed by atoms with Crippen LogP contribution < -0.4 is 4.90 Å². The van der Waals surface area contributed by atoms with Crippen molar-refractivity contribution >= 4 is 70.1 Å². The first-order chi connectivity index (χ1) is 26.3. The van der Waals surface area contributed by atoms with Crippen molar-refractivity contribution in [3.05, 3.63) is 222 Å². The van der Waals surface area contributed by atoms with E-state index in [1.165, 1.54) is 75.1 Å². The number of nitrogens with zero attached hydrogens (tertiary/aromatic N) is 1. The molecule has 53 heavy (non-hydrogen) atoms. The van der Waals surface area contributed by atoms with E-state index >= 15 is 0 Å². The minimum atomic E-state index is -0.538. The summed E-state index contributed by atoms with van der Waals surface area (Å²) < 4.78 is 2.64. The Morgan fingerprint density at radius 2 is 0.943 bits per heavy atom. The maximum absolute atomic E-state index is 2.49. The zero-order valence-corrected chi connectivity index (χ0v) is 29.7. The van der Waals surface area contributed by atoms with Crippen molar-refractivity contribution in [1.29, 1.82) is 0 Å². The second-order valence-electron chi connectivity index (χ2n) is 14.0. The number of fused-ring (bicyclic) bond motifs is 8. The summed E-state index contributed by atoms with van der Waals surface area (Å²) in [5.74, 6) is 0. The molecule has 11 rings (SSSR count). The molecule has 0 N–H and O–H groups in total. The van der Waals surface area contributed by atoms with Gasteiger partial charge in [-0.1, -0.05) is 158 Å². The summed E-state index contributed by atoms with van der Waals surface area (Å²) in [6.07, 6.45) is 0. The van der Waals surface area contributed by atoms with Gasteiger partial charge in [-0.15, -0.1) is 11.3 Å². The Hall–Kier alpha value is -6.48. The lowest BCUT2D eigenvalue weighted by Crippen LogP contribution is -2.28. The molecule has 248 valence electrons. The second-order valence-corrected chi connectivity index (χ2v) is 15.1. The fourth-order valence-corrected chi connectivity index (χ4v) is 10.1. The fourth-order valence-electron chi connectivity index (χ4n) is 9.06. The van der Waals surface area contributed by atoms with Gasteiger partial charge in [0.15, 0.2) is 0 Å². The molecule has 0 bridgehead atoms. The molecule has 1 aliphatic rings. The molecular weight excluding hydrogens is 659 g/mol. The normalized spacial score (nSPS) is 14.9. The average molecular weight is 692 g/mol. The van der Waals surface area contributed by atoms with Crippen LogP contribution in [0.2, 0.25) is 0 Å². The molecule has 2 heteroatoms. The highest BCUT2D eigenvalue weighted by Gasteiger charge is 2.46. The molecule has 1 nitrogen and oxygen atoms in total. The van der Waals surface area contributed by atoms with E-state index in [2.05, 4.69) is 205 Å². The van der Waals surface area contributed by atoms with Crippen LogP contribution in [-0.2, 0) is 5.41 Å². The Morgan fingerprint density at radius 3 is 1.70 bits per heavy atom. The van der Waals surface area contributed by atoms with E-state index in [0.29, 0.717) is 0 Å². The Kier molecular flexibility index (Phi) is 6.71. The van der Waals surface area contributed by atoms with Crippen LogP contribution in [0.1, 0.15) is 22.3 Å². The first kappa shape index (κ1) is 30.2. The SMILES string of the molecule is c1ccc(C2(c3ccc4sc5ccccc5c4c3)c3ccccc3-c3ccc(N(c4cccc5ccccc45)c4cccc5ccccc45)cc32)cc1. The van der Waals surface area contributed by atoms with Crippen LogP contribution in [0.3, 0.4) is 0 Å². The van der Waals surface area contributed by atoms with Gasteiger partial charge in [0.05, 0.1) is 16.8 Å². The third kappa shape index (κ3) is 4.43. The number of thiophene rings is 1. The maximum atomic E-state index is 2.49. The third-order valence-corrected chi connectivity index (χ3v) is 12.5. The molecule has 1 aromatic heterocycles. The van der Waals surface area contributed by atoms with Gasteiger partial charge in [0.25, 0.3) is 0 Å². The van der Waals surface area contributed by atoms with Crippen LogP contribution in [0.15, 0.2) is 200 Å². The molecule has 0 amide bonds. The molecule has 0 spiro atoms. The number of rotatable bonds is 5. The van der Waals surface area contributed by atoms with E-state index in [4.69, 9.17) is 0 Å². The third-order valence-electron chi connectivity index (χ3n) is 11.3. The van der Waals surface area contributed by atoms with Crippen molar-refractivity contribution in [3.8, 4) is 11.1 Å². The molecule has 9 aromatic carbocycles. The standard InChI is InChI=1S/C51H33NS/c1-2-18-36(19-3-1)51(37-28-31-50-44(32-37)43-23-9-11-27-49(43)53-50)45-24-10-8-22-41(45)42-30-29-38(33-46(42)51)52(47-25-12-16-34-14-4-6-20-39(34)47)48-26-13-17-35-15-5-7-21-40(35)48/h1-33H. The van der Waals surface area contributed by atoms with E-state index < -0.39 is 5.41 Å². The highest BCUT2D eigenvalue weighted by Crippen LogP contribution is 2.58. The Labute approximate surface area is 312 Å². The minimum absolute atomic E-state index is 0.538. The average Bonchev–Trinajstić information content (AvgIpc) is 3.75. The van der Waals surface area contributed by atoms with Crippen LogP contribution in [0.4, 0.5) is 17.1 Å². The molecule has 0 aliphatic heterocycles. The summed E-state index contributed by atoms with van der Waals surface area (Å²) in [6.45, 7) is 0. The van der Waals surface area contributed by atoms with E-state index in [-0.39, 0.29) is 0 Å². The Morgan fingerprint density at radius 1 is 0.358 bits per heavy atom. The van der Waals surface area contributed by atoms with Gasteiger partial charge in [0.1, 0.15) is 0 Å². The largest absolute Gasteiger partial charge is 0.309 e. The summed E-state index contributed by atoms with van der Waals surface area (Å²) >= 11 is 1.88. The molecular formula is C51H33NS. The molecule has 10 aromatic rings. The molecule has 0 saturated heterocycles. The number of hydrogen-bond donors (Lipinski definition) is 0. The van der Waals surface area contributed by atoms with Gasteiger partial charge in [-0.2, -0.15) is 0 Å². The lowest BCUT2D eigenvalue weighted by molar-refractivity contribution is 0.770. The predicted molar refractivity (Wildman–Crippen MR) is 226 cm³/mol. The Bertz CT molecular complexity index is 2940. The van der Waals surface area contributed by atoms with Gasteiger partial charge in [-0.05, 0) is 86.6 Å². The molecule has 0 radical (unpaired) electrons. The van der Waals surface area contributed by atoms with Crippen molar-refractivity contribution in [2.75, 3.05) is 4.90 Å². The van der Waals surface area contributed by atoms with Gasteiger partial charge in [0, 0.05) is 36.6 Å². The highest BCUT2D eigenvalue weighted by molar-refractivity contribution is 7.25. The summed E-state index contributed by atoms with van der Waals surface area (Å²) in [4.78, 5) is 2.49. The highest BCUT2D eigenvalue weighted by atomic mass is 32.1. The smallest absolute Gasteiger partial charge is 0.0714 e. The first-order valence-electron chi connectivity index (χ1n) is 18.3. The van der Waals surface area contributed by atoms with Gasteiger partial charge in [-0.25, -0.2) is 0 Å². The van der Waals surface area contributed by atoms with Gasteiger partial charge >= 0.3 is 0 Å². The molecule has 1 unspecified atom stereocenters. The number of hydrogen-bond acceptors (Lipinski definition) is 2. The van der Waals surface area contributed by atoms with E-state index in [9.17, 15) is 0 Å². The van der Waals surface area contributed by atoms with Crippen molar-refractivity contribution in [3.63, 3.8) is 0 Å². The minimum Gasteiger partial charge on any atom is -0.309 e. The van der Waals surface area contributed by atoms with Crippen molar-refractivity contribution in [1.82, 2.24) is 0 Å².